The van der Waals surface area contributed by atoms with Crippen LogP contribution < -0.4 is 5.73 Å². The molecule has 3 heteroatoms. The highest BCUT2D eigenvalue weighted by atomic mass is 32.2. The molecular weight excluding hydrogens is 122 g/mol. The molecule has 1 saturated heterocycles. The van der Waals surface area contributed by atoms with Crippen LogP contribution in [-0.2, 0) is 10.8 Å². The lowest BCUT2D eigenvalue weighted by molar-refractivity contribution is 0.676. The molecule has 0 spiro atoms. The summed E-state index contributed by atoms with van der Waals surface area (Å²) in [6.45, 7) is 0.604. The second kappa shape index (κ2) is 2.60. The summed E-state index contributed by atoms with van der Waals surface area (Å²) in [5.41, 5.74) is 5.33. The molecule has 1 fully saturated rings. The third-order valence-corrected chi connectivity index (χ3v) is 3.37. The minimum Gasteiger partial charge on any atom is -0.329 e. The average molecular weight is 133 g/mol. The number of hydrogen-bond acceptors (Lipinski definition) is 2. The Morgan fingerprint density at radius 2 is 2.50 bits per heavy atom. The first-order valence-corrected chi connectivity index (χ1v) is 4.30. The summed E-state index contributed by atoms with van der Waals surface area (Å²) in [5.74, 6) is 0.877. The standard InChI is InChI=1S/C5H11NOS/c6-4-5-2-1-3-8(5)7/h5H,1-4,6H2/t5-,8?/m0/s1. The van der Waals surface area contributed by atoms with Crippen LogP contribution in [0.15, 0.2) is 0 Å². The van der Waals surface area contributed by atoms with E-state index in [-0.39, 0.29) is 0 Å². The van der Waals surface area contributed by atoms with Gasteiger partial charge in [0.15, 0.2) is 0 Å². The van der Waals surface area contributed by atoms with Crippen LogP contribution in [0.2, 0.25) is 0 Å². The molecule has 2 nitrogen and oxygen atoms in total. The van der Waals surface area contributed by atoms with E-state index in [2.05, 4.69) is 0 Å². The van der Waals surface area contributed by atoms with Gasteiger partial charge in [0.2, 0.25) is 0 Å². The third-order valence-electron chi connectivity index (χ3n) is 1.51. The molecule has 0 bridgehead atoms. The van der Waals surface area contributed by atoms with E-state index in [1.165, 1.54) is 0 Å². The smallest absolute Gasteiger partial charge is 0.0470 e. The van der Waals surface area contributed by atoms with Gasteiger partial charge >= 0.3 is 0 Å². The van der Waals surface area contributed by atoms with Crippen LogP contribution in [-0.4, -0.2) is 21.8 Å². The van der Waals surface area contributed by atoms with Gasteiger partial charge in [0.25, 0.3) is 0 Å². The molecule has 48 valence electrons. The van der Waals surface area contributed by atoms with Gasteiger partial charge in [-0.1, -0.05) is 0 Å². The third kappa shape index (κ3) is 1.09. The fraction of sp³-hybridized carbons (Fsp3) is 1.00. The number of hydrogen-bond donors (Lipinski definition) is 1. The zero-order chi connectivity index (χ0) is 5.98. The van der Waals surface area contributed by atoms with Crippen molar-refractivity contribution in [3.8, 4) is 0 Å². The maximum absolute atomic E-state index is 10.8. The highest BCUT2D eigenvalue weighted by molar-refractivity contribution is 7.85. The Morgan fingerprint density at radius 1 is 1.75 bits per heavy atom. The summed E-state index contributed by atoms with van der Waals surface area (Å²) in [5, 5.41) is 0.315. The Bertz CT molecular complexity index is 105. The van der Waals surface area contributed by atoms with Crippen molar-refractivity contribution < 1.29 is 4.21 Å². The van der Waals surface area contributed by atoms with Crippen LogP contribution >= 0.6 is 0 Å². The zero-order valence-corrected chi connectivity index (χ0v) is 5.62. The van der Waals surface area contributed by atoms with Crippen molar-refractivity contribution in [2.24, 2.45) is 5.73 Å². The second-order valence-corrected chi connectivity index (χ2v) is 3.92. The van der Waals surface area contributed by atoms with Crippen LogP contribution in [0.4, 0.5) is 0 Å². The Hall–Kier alpha value is 0.110. The van der Waals surface area contributed by atoms with Crippen molar-refractivity contribution >= 4 is 10.8 Å². The quantitative estimate of drug-likeness (QED) is 0.541. The number of rotatable bonds is 1. The molecule has 1 rings (SSSR count). The van der Waals surface area contributed by atoms with E-state index in [1.807, 2.05) is 0 Å². The predicted molar refractivity (Wildman–Crippen MR) is 35.1 cm³/mol. The monoisotopic (exact) mass is 133 g/mol. The predicted octanol–water partition coefficient (Wildman–Crippen LogP) is -0.144. The van der Waals surface area contributed by atoms with Gasteiger partial charge in [-0.05, 0) is 12.8 Å². The zero-order valence-electron chi connectivity index (χ0n) is 4.80. The van der Waals surface area contributed by atoms with Crippen molar-refractivity contribution in [2.75, 3.05) is 12.3 Å². The van der Waals surface area contributed by atoms with Gasteiger partial charge in [0.05, 0.1) is 0 Å². The van der Waals surface area contributed by atoms with E-state index in [9.17, 15) is 4.21 Å². The molecule has 2 atom stereocenters. The Labute approximate surface area is 51.9 Å². The maximum atomic E-state index is 10.8. The van der Waals surface area contributed by atoms with E-state index in [4.69, 9.17) is 5.73 Å². The van der Waals surface area contributed by atoms with E-state index < -0.39 is 10.8 Å². The lowest BCUT2D eigenvalue weighted by atomic mass is 10.2. The normalized spacial score (nSPS) is 38.1. The van der Waals surface area contributed by atoms with E-state index in [1.54, 1.807) is 0 Å². The molecule has 0 aromatic carbocycles. The van der Waals surface area contributed by atoms with Gasteiger partial charge in [0.1, 0.15) is 0 Å². The molecule has 0 radical (unpaired) electrons. The summed E-state index contributed by atoms with van der Waals surface area (Å²) in [4.78, 5) is 0. The van der Waals surface area contributed by atoms with Crippen LogP contribution in [0, 0.1) is 0 Å². The summed E-state index contributed by atoms with van der Waals surface area (Å²) in [6, 6.07) is 0. The highest BCUT2D eigenvalue weighted by Gasteiger charge is 2.20. The topological polar surface area (TPSA) is 43.1 Å². The lowest BCUT2D eigenvalue weighted by Crippen LogP contribution is -2.20. The molecule has 0 aromatic rings. The average Bonchev–Trinajstić information content (AvgIpc) is 2.14. The van der Waals surface area contributed by atoms with E-state index in [0.717, 1.165) is 18.6 Å². The van der Waals surface area contributed by atoms with Crippen LogP contribution in [0.1, 0.15) is 12.8 Å². The fourth-order valence-corrected chi connectivity index (χ4v) is 2.41. The summed E-state index contributed by atoms with van der Waals surface area (Å²) < 4.78 is 10.8. The SMILES string of the molecule is NC[C@@H]1CCCS1=O. The molecule has 1 aliphatic heterocycles. The minimum absolute atomic E-state index is 0.315. The summed E-state index contributed by atoms with van der Waals surface area (Å²) >= 11 is 0. The van der Waals surface area contributed by atoms with Crippen LogP contribution in [0.5, 0.6) is 0 Å². The van der Waals surface area contributed by atoms with Gasteiger partial charge in [-0.15, -0.1) is 0 Å². The highest BCUT2D eigenvalue weighted by Crippen LogP contribution is 2.13. The lowest BCUT2D eigenvalue weighted by Gasteiger charge is -2.00. The second-order valence-electron chi connectivity index (χ2n) is 2.08. The van der Waals surface area contributed by atoms with Gasteiger partial charge in [0, 0.05) is 28.3 Å². The van der Waals surface area contributed by atoms with E-state index >= 15 is 0 Å². The molecule has 0 aromatic heterocycles. The number of nitrogens with two attached hydrogens (primary N) is 1. The molecule has 1 heterocycles. The summed E-state index contributed by atoms with van der Waals surface area (Å²) in [6.07, 6.45) is 2.18. The molecule has 0 saturated carbocycles. The molecule has 8 heavy (non-hydrogen) atoms. The van der Waals surface area contributed by atoms with Crippen molar-refractivity contribution in [2.45, 2.75) is 18.1 Å². The Balaban J connectivity index is 2.42. The van der Waals surface area contributed by atoms with Gasteiger partial charge < -0.3 is 5.73 Å². The molecule has 1 unspecified atom stereocenters. The first kappa shape index (κ1) is 6.23. The van der Waals surface area contributed by atoms with Gasteiger partial charge in [-0.3, -0.25) is 4.21 Å². The molecule has 0 aliphatic carbocycles. The summed E-state index contributed by atoms with van der Waals surface area (Å²) in [7, 11) is -0.586. The molecule has 2 N–H and O–H groups in total. The Morgan fingerprint density at radius 3 is 2.75 bits per heavy atom. The maximum Gasteiger partial charge on any atom is 0.0470 e. The van der Waals surface area contributed by atoms with Crippen molar-refractivity contribution in [3.63, 3.8) is 0 Å². The van der Waals surface area contributed by atoms with Crippen molar-refractivity contribution in [1.82, 2.24) is 0 Å². The molecule has 1 aliphatic rings. The van der Waals surface area contributed by atoms with Gasteiger partial charge in [-0.2, -0.15) is 0 Å². The fourth-order valence-electron chi connectivity index (χ4n) is 0.977. The van der Waals surface area contributed by atoms with Gasteiger partial charge in [-0.25, -0.2) is 0 Å². The Kier molecular flexibility index (Phi) is 2.02. The molecular formula is C5H11NOS. The first-order valence-electron chi connectivity index (χ1n) is 2.92. The minimum atomic E-state index is -0.586. The van der Waals surface area contributed by atoms with Crippen LogP contribution in [0.25, 0.3) is 0 Å². The van der Waals surface area contributed by atoms with E-state index in [0.29, 0.717) is 11.8 Å². The first-order chi connectivity index (χ1) is 3.84. The van der Waals surface area contributed by atoms with Crippen molar-refractivity contribution in [3.05, 3.63) is 0 Å². The largest absolute Gasteiger partial charge is 0.329 e. The van der Waals surface area contributed by atoms with Crippen molar-refractivity contribution in [1.29, 1.82) is 0 Å². The molecule has 0 amide bonds. The van der Waals surface area contributed by atoms with Crippen LogP contribution in [0.3, 0.4) is 0 Å².